The van der Waals surface area contributed by atoms with E-state index in [4.69, 9.17) is 8.94 Å². The van der Waals surface area contributed by atoms with Gasteiger partial charge in [0.1, 0.15) is 11.8 Å². The maximum Gasteiger partial charge on any atom is 0.244 e. The molecule has 8 heteroatoms. The van der Waals surface area contributed by atoms with Crippen LogP contribution >= 0.6 is 0 Å². The molecule has 0 aliphatic heterocycles. The van der Waals surface area contributed by atoms with Crippen molar-refractivity contribution in [3.63, 3.8) is 0 Å². The smallest absolute Gasteiger partial charge is 0.244 e. The number of nitrogens with zero attached hydrogens (tertiary/aromatic N) is 3. The zero-order valence-electron chi connectivity index (χ0n) is 14.9. The van der Waals surface area contributed by atoms with Crippen molar-refractivity contribution in [3.05, 3.63) is 53.9 Å². The van der Waals surface area contributed by atoms with Crippen molar-refractivity contribution in [2.24, 2.45) is 5.92 Å². The molecule has 0 saturated heterocycles. The molecular weight excluding hydrogens is 348 g/mol. The van der Waals surface area contributed by atoms with Gasteiger partial charge in [0.05, 0.1) is 0 Å². The zero-order valence-corrected chi connectivity index (χ0v) is 14.9. The Labute approximate surface area is 156 Å². The number of hydrogen-bond acceptors (Lipinski definition) is 8. The van der Waals surface area contributed by atoms with E-state index in [0.717, 1.165) is 18.4 Å². The highest BCUT2D eigenvalue weighted by Crippen LogP contribution is 2.32. The molecule has 27 heavy (non-hydrogen) atoms. The van der Waals surface area contributed by atoms with Gasteiger partial charge in [0.15, 0.2) is 12.0 Å². The Balaban J connectivity index is 1.26. The van der Waals surface area contributed by atoms with Crippen LogP contribution in [0.4, 0.5) is 0 Å². The second kappa shape index (κ2) is 7.59. The summed E-state index contributed by atoms with van der Waals surface area (Å²) in [5, 5.41) is 34.7. The van der Waals surface area contributed by atoms with Crippen LogP contribution in [0, 0.1) is 5.92 Å². The lowest BCUT2D eigenvalue weighted by molar-refractivity contribution is 0.0614. The van der Waals surface area contributed by atoms with Crippen LogP contribution in [0.5, 0.6) is 0 Å². The third-order valence-corrected chi connectivity index (χ3v) is 4.80. The van der Waals surface area contributed by atoms with E-state index >= 15 is 0 Å². The summed E-state index contributed by atoms with van der Waals surface area (Å²) in [6.07, 6.45) is 0.812. The lowest BCUT2D eigenvalue weighted by Crippen LogP contribution is -2.43. The number of nitrogens with one attached hydrogen (secondary N) is 1. The first-order valence-corrected chi connectivity index (χ1v) is 9.05. The van der Waals surface area contributed by atoms with Gasteiger partial charge in [-0.2, -0.15) is 0 Å². The van der Waals surface area contributed by atoms with Gasteiger partial charge in [-0.25, -0.2) is 0 Å². The molecular formula is C19H22N4O4. The summed E-state index contributed by atoms with van der Waals surface area (Å²) in [5.41, 5.74) is 1.64. The molecule has 1 aliphatic carbocycles. The molecule has 3 N–H and O–H groups in total. The Kier molecular flexibility index (Phi) is 5.02. The van der Waals surface area contributed by atoms with Gasteiger partial charge in [-0.1, -0.05) is 35.5 Å². The molecule has 4 rings (SSSR count). The van der Waals surface area contributed by atoms with Gasteiger partial charge in [0.2, 0.25) is 11.8 Å². The molecule has 0 radical (unpaired) electrons. The average molecular weight is 370 g/mol. The maximum atomic E-state index is 10.3. The van der Waals surface area contributed by atoms with E-state index in [1.165, 1.54) is 0 Å². The van der Waals surface area contributed by atoms with Crippen molar-refractivity contribution in [1.82, 2.24) is 20.7 Å². The summed E-state index contributed by atoms with van der Waals surface area (Å²) in [7, 11) is 0. The quantitative estimate of drug-likeness (QED) is 0.543. The SMILES string of the molecule is C[C@@H](O)c1nnc(CC2CC(NC(O)c3cc(-c4ccccc4)no3)C2)o1. The fourth-order valence-corrected chi connectivity index (χ4v) is 3.27. The molecule has 1 aromatic carbocycles. The van der Waals surface area contributed by atoms with E-state index in [1.807, 2.05) is 30.3 Å². The first kappa shape index (κ1) is 17.8. The second-order valence-corrected chi connectivity index (χ2v) is 7.00. The summed E-state index contributed by atoms with van der Waals surface area (Å²) in [4.78, 5) is 0. The van der Waals surface area contributed by atoms with E-state index in [-0.39, 0.29) is 11.9 Å². The molecule has 3 aromatic rings. The number of aliphatic hydroxyl groups is 2. The number of aliphatic hydroxyl groups excluding tert-OH is 2. The minimum absolute atomic E-state index is 0.189. The second-order valence-electron chi connectivity index (χ2n) is 7.00. The fraction of sp³-hybridized carbons (Fsp3) is 0.421. The van der Waals surface area contributed by atoms with Crippen LogP contribution in [-0.2, 0) is 6.42 Å². The van der Waals surface area contributed by atoms with Crippen molar-refractivity contribution in [1.29, 1.82) is 0 Å². The van der Waals surface area contributed by atoms with Gasteiger partial charge in [-0.05, 0) is 25.7 Å². The van der Waals surface area contributed by atoms with E-state index in [1.54, 1.807) is 13.0 Å². The number of hydrogen-bond donors (Lipinski definition) is 3. The maximum absolute atomic E-state index is 10.3. The standard InChI is InChI=1S/C19H22N4O4/c1-11(24)19-22-21-17(26-19)9-12-7-14(8-12)20-18(25)16-10-15(23-27-16)13-5-3-2-4-6-13/h2-6,10-12,14,18,20,24-25H,7-9H2,1H3/t11-,12?,14?,18?/m1/s1. The molecule has 1 saturated carbocycles. The first-order chi connectivity index (χ1) is 13.1. The predicted octanol–water partition coefficient (Wildman–Crippen LogP) is 2.38. The highest BCUT2D eigenvalue weighted by atomic mass is 16.5. The molecule has 142 valence electrons. The minimum Gasteiger partial charge on any atom is -0.422 e. The minimum atomic E-state index is -0.897. The largest absolute Gasteiger partial charge is 0.422 e. The van der Waals surface area contributed by atoms with E-state index < -0.39 is 12.3 Å². The van der Waals surface area contributed by atoms with Gasteiger partial charge in [0.25, 0.3) is 0 Å². The fourth-order valence-electron chi connectivity index (χ4n) is 3.27. The van der Waals surface area contributed by atoms with Crippen LogP contribution in [0.2, 0.25) is 0 Å². The summed E-state index contributed by atoms with van der Waals surface area (Å²) < 4.78 is 10.7. The molecule has 1 fully saturated rings. The van der Waals surface area contributed by atoms with Crippen molar-refractivity contribution >= 4 is 0 Å². The van der Waals surface area contributed by atoms with E-state index in [0.29, 0.717) is 29.7 Å². The third-order valence-electron chi connectivity index (χ3n) is 4.80. The highest BCUT2D eigenvalue weighted by Gasteiger charge is 2.32. The molecule has 2 aromatic heterocycles. The van der Waals surface area contributed by atoms with Crippen molar-refractivity contribution in [2.45, 2.75) is 44.6 Å². The average Bonchev–Trinajstić information content (AvgIpc) is 3.30. The third kappa shape index (κ3) is 4.08. The molecule has 8 nitrogen and oxygen atoms in total. The molecule has 0 spiro atoms. The van der Waals surface area contributed by atoms with Crippen LogP contribution in [0.3, 0.4) is 0 Å². The summed E-state index contributed by atoms with van der Waals surface area (Å²) in [6.45, 7) is 1.59. The molecule has 2 atom stereocenters. The van der Waals surface area contributed by atoms with Gasteiger partial charge < -0.3 is 19.2 Å². The van der Waals surface area contributed by atoms with Gasteiger partial charge in [0, 0.05) is 24.1 Å². The predicted molar refractivity (Wildman–Crippen MR) is 95.2 cm³/mol. The zero-order chi connectivity index (χ0) is 18.8. The van der Waals surface area contributed by atoms with E-state index in [2.05, 4.69) is 20.7 Å². The van der Waals surface area contributed by atoms with E-state index in [9.17, 15) is 10.2 Å². The Morgan fingerprint density at radius 1 is 1.19 bits per heavy atom. The lowest BCUT2D eigenvalue weighted by Gasteiger charge is -2.36. The molecule has 1 aliphatic rings. The molecule has 0 amide bonds. The summed E-state index contributed by atoms with van der Waals surface area (Å²) in [5.74, 6) is 1.59. The van der Waals surface area contributed by atoms with Crippen LogP contribution in [0.15, 0.2) is 45.3 Å². The number of rotatable bonds is 7. The molecule has 1 unspecified atom stereocenters. The molecule has 2 heterocycles. The normalized spacial score (nSPS) is 21.6. The number of benzene rings is 1. The van der Waals surface area contributed by atoms with Crippen LogP contribution in [0.1, 0.15) is 49.6 Å². The highest BCUT2D eigenvalue weighted by molar-refractivity contribution is 5.58. The van der Waals surface area contributed by atoms with Crippen molar-refractivity contribution in [2.75, 3.05) is 0 Å². The van der Waals surface area contributed by atoms with Crippen molar-refractivity contribution < 1.29 is 19.2 Å². The van der Waals surface area contributed by atoms with Crippen LogP contribution in [-0.4, -0.2) is 31.6 Å². The Hall–Kier alpha value is -2.55. The Morgan fingerprint density at radius 2 is 1.96 bits per heavy atom. The van der Waals surface area contributed by atoms with Gasteiger partial charge >= 0.3 is 0 Å². The monoisotopic (exact) mass is 370 g/mol. The summed E-state index contributed by atoms with van der Waals surface area (Å²) in [6, 6.07) is 11.6. The van der Waals surface area contributed by atoms with Crippen LogP contribution in [0.25, 0.3) is 11.3 Å². The Bertz CT molecular complexity index is 871. The Morgan fingerprint density at radius 3 is 2.67 bits per heavy atom. The van der Waals surface area contributed by atoms with Crippen molar-refractivity contribution in [3.8, 4) is 11.3 Å². The molecule has 0 bridgehead atoms. The van der Waals surface area contributed by atoms with Gasteiger partial charge in [-0.3, -0.25) is 5.32 Å². The van der Waals surface area contributed by atoms with Gasteiger partial charge in [-0.15, -0.1) is 10.2 Å². The summed E-state index contributed by atoms with van der Waals surface area (Å²) >= 11 is 0. The van der Waals surface area contributed by atoms with Crippen LogP contribution < -0.4 is 5.32 Å². The lowest BCUT2D eigenvalue weighted by atomic mass is 9.78. The first-order valence-electron chi connectivity index (χ1n) is 9.05. The number of aromatic nitrogens is 3. The topological polar surface area (TPSA) is 117 Å².